The minimum atomic E-state index is -3.62. The van der Waals surface area contributed by atoms with E-state index in [-0.39, 0.29) is 44.2 Å². The van der Waals surface area contributed by atoms with Crippen LogP contribution in [0.2, 0.25) is 15.1 Å². The molecule has 40 heavy (non-hydrogen) atoms. The van der Waals surface area contributed by atoms with Gasteiger partial charge < -0.3 is 10.2 Å². The number of nitrogens with zero attached hydrogens (tertiary/aromatic N) is 2. The standard InChI is InChI=1S/C29H32Cl3N3O4S/c1-3-33-29(37)27(19-21-9-5-4-6-10-21)34(20-24-25(31)11-7-12-26(24)32)28(36)13-8-18-35(40(2,38)39)23-16-14-22(30)15-17-23/h4-7,9-12,14-17,27H,3,8,13,18-20H2,1-2H3,(H,33,37)/t27-/m0/s1. The van der Waals surface area contributed by atoms with Gasteiger partial charge >= 0.3 is 0 Å². The minimum Gasteiger partial charge on any atom is -0.355 e. The Balaban J connectivity index is 1.90. The second-order valence-electron chi connectivity index (χ2n) is 9.24. The summed E-state index contributed by atoms with van der Waals surface area (Å²) < 4.78 is 26.3. The molecule has 2 amide bonds. The number of carbonyl (C=O) groups is 2. The molecule has 7 nitrogen and oxygen atoms in total. The average Bonchev–Trinajstić information content (AvgIpc) is 2.90. The van der Waals surface area contributed by atoms with E-state index in [0.717, 1.165) is 11.8 Å². The summed E-state index contributed by atoms with van der Waals surface area (Å²) in [7, 11) is -3.62. The van der Waals surface area contributed by atoms with Crippen molar-refractivity contribution in [3.8, 4) is 0 Å². The van der Waals surface area contributed by atoms with Crippen LogP contribution in [0.4, 0.5) is 5.69 Å². The number of sulfonamides is 1. The Morgan fingerprint density at radius 2 is 1.52 bits per heavy atom. The van der Waals surface area contributed by atoms with Crippen molar-refractivity contribution in [3.63, 3.8) is 0 Å². The molecule has 0 unspecified atom stereocenters. The van der Waals surface area contributed by atoms with Gasteiger partial charge in [-0.3, -0.25) is 13.9 Å². The van der Waals surface area contributed by atoms with Gasteiger partial charge in [-0.15, -0.1) is 0 Å². The average molecular weight is 625 g/mol. The van der Waals surface area contributed by atoms with E-state index in [0.29, 0.717) is 32.9 Å². The van der Waals surface area contributed by atoms with Crippen LogP contribution < -0.4 is 9.62 Å². The number of nitrogens with one attached hydrogen (secondary N) is 1. The first-order chi connectivity index (χ1) is 19.0. The van der Waals surface area contributed by atoms with Gasteiger partial charge in [0.05, 0.1) is 11.9 Å². The molecule has 0 aliphatic carbocycles. The van der Waals surface area contributed by atoms with Crippen molar-refractivity contribution in [2.45, 2.75) is 38.8 Å². The molecule has 3 aromatic rings. The number of hydrogen-bond donors (Lipinski definition) is 1. The van der Waals surface area contributed by atoms with E-state index in [1.165, 1.54) is 9.21 Å². The minimum absolute atomic E-state index is 0.00756. The molecular formula is C29H32Cl3N3O4S. The molecule has 11 heteroatoms. The molecule has 1 N–H and O–H groups in total. The number of halogens is 3. The maximum Gasteiger partial charge on any atom is 0.243 e. The summed E-state index contributed by atoms with van der Waals surface area (Å²) in [5, 5.41) is 4.08. The molecule has 0 heterocycles. The lowest BCUT2D eigenvalue weighted by Crippen LogP contribution is -2.50. The zero-order chi connectivity index (χ0) is 29.3. The van der Waals surface area contributed by atoms with Crippen LogP contribution in [-0.4, -0.2) is 50.5 Å². The highest BCUT2D eigenvalue weighted by atomic mass is 35.5. The number of benzene rings is 3. The molecule has 0 radical (unpaired) electrons. The number of amides is 2. The summed E-state index contributed by atoms with van der Waals surface area (Å²) in [6.45, 7) is 2.28. The molecule has 0 fully saturated rings. The Morgan fingerprint density at radius 3 is 2.10 bits per heavy atom. The van der Waals surface area contributed by atoms with Crippen molar-refractivity contribution >= 4 is 62.3 Å². The molecule has 3 aromatic carbocycles. The number of carbonyl (C=O) groups excluding carboxylic acids is 2. The smallest absolute Gasteiger partial charge is 0.243 e. The van der Waals surface area contributed by atoms with E-state index in [1.807, 2.05) is 37.3 Å². The summed E-state index contributed by atoms with van der Waals surface area (Å²) >= 11 is 18.9. The van der Waals surface area contributed by atoms with Crippen molar-refractivity contribution in [1.29, 1.82) is 0 Å². The van der Waals surface area contributed by atoms with Gasteiger partial charge in [0, 0.05) is 53.1 Å². The Labute approximate surface area is 251 Å². The Morgan fingerprint density at radius 1 is 0.900 bits per heavy atom. The molecule has 214 valence electrons. The fourth-order valence-corrected chi connectivity index (χ4v) is 5.92. The van der Waals surface area contributed by atoms with Crippen LogP contribution in [0, 0.1) is 0 Å². The van der Waals surface area contributed by atoms with Crippen molar-refractivity contribution in [2.24, 2.45) is 0 Å². The second kappa shape index (κ2) is 14.7. The molecule has 0 bridgehead atoms. The maximum absolute atomic E-state index is 13.8. The lowest BCUT2D eigenvalue weighted by molar-refractivity contribution is -0.141. The molecular weight excluding hydrogens is 593 g/mol. The van der Waals surface area contributed by atoms with Gasteiger partial charge in [0.25, 0.3) is 0 Å². The molecule has 0 saturated carbocycles. The summed E-state index contributed by atoms with van der Waals surface area (Å²) in [5.74, 6) is -0.630. The van der Waals surface area contributed by atoms with Gasteiger partial charge in [-0.25, -0.2) is 8.42 Å². The van der Waals surface area contributed by atoms with Crippen LogP contribution in [-0.2, 0) is 32.6 Å². The van der Waals surface area contributed by atoms with Crippen LogP contribution in [0.3, 0.4) is 0 Å². The Hall–Kier alpha value is -2.78. The molecule has 0 aliphatic heterocycles. The van der Waals surface area contributed by atoms with Crippen molar-refractivity contribution in [1.82, 2.24) is 10.2 Å². The number of likely N-dealkylation sites (N-methyl/N-ethyl adjacent to an activating group) is 1. The van der Waals surface area contributed by atoms with Gasteiger partial charge in [-0.05, 0) is 55.3 Å². The van der Waals surface area contributed by atoms with E-state index in [9.17, 15) is 18.0 Å². The van der Waals surface area contributed by atoms with Crippen molar-refractivity contribution in [2.75, 3.05) is 23.7 Å². The zero-order valence-electron chi connectivity index (χ0n) is 22.3. The van der Waals surface area contributed by atoms with Gasteiger partial charge in [0.15, 0.2) is 0 Å². The SMILES string of the molecule is CCNC(=O)[C@H](Cc1ccccc1)N(Cc1c(Cl)cccc1Cl)C(=O)CCCN(c1ccc(Cl)cc1)S(C)(=O)=O. The first kappa shape index (κ1) is 31.7. The third kappa shape index (κ3) is 8.86. The molecule has 3 rings (SSSR count). The third-order valence-corrected chi connectivity index (χ3v) is 8.43. The van der Waals surface area contributed by atoms with Crippen LogP contribution in [0.5, 0.6) is 0 Å². The predicted octanol–water partition coefficient (Wildman–Crippen LogP) is 5.97. The summed E-state index contributed by atoms with van der Waals surface area (Å²) in [4.78, 5) is 28.6. The highest BCUT2D eigenvalue weighted by Crippen LogP contribution is 2.28. The quantitative estimate of drug-likeness (QED) is 0.254. The highest BCUT2D eigenvalue weighted by molar-refractivity contribution is 7.92. The van der Waals surface area contributed by atoms with E-state index in [1.54, 1.807) is 42.5 Å². The van der Waals surface area contributed by atoms with Crippen LogP contribution in [0.25, 0.3) is 0 Å². The number of hydrogen-bond acceptors (Lipinski definition) is 4. The molecule has 0 spiro atoms. The first-order valence-electron chi connectivity index (χ1n) is 12.8. The highest BCUT2D eigenvalue weighted by Gasteiger charge is 2.31. The lowest BCUT2D eigenvalue weighted by atomic mass is 10.0. The molecule has 0 aromatic heterocycles. The molecule has 1 atom stereocenters. The zero-order valence-corrected chi connectivity index (χ0v) is 25.4. The predicted molar refractivity (Wildman–Crippen MR) is 163 cm³/mol. The molecule has 0 aliphatic rings. The Kier molecular flexibility index (Phi) is 11.7. The number of anilines is 1. The van der Waals surface area contributed by atoms with E-state index >= 15 is 0 Å². The lowest BCUT2D eigenvalue weighted by Gasteiger charge is -2.32. The fraction of sp³-hybridized carbons (Fsp3) is 0.310. The summed E-state index contributed by atoms with van der Waals surface area (Å²) in [6, 6.07) is 20.1. The van der Waals surface area contributed by atoms with Crippen molar-refractivity contribution < 1.29 is 18.0 Å². The maximum atomic E-state index is 13.8. The van der Waals surface area contributed by atoms with E-state index in [4.69, 9.17) is 34.8 Å². The number of rotatable bonds is 13. The monoisotopic (exact) mass is 623 g/mol. The van der Waals surface area contributed by atoms with E-state index in [2.05, 4.69) is 5.32 Å². The van der Waals surface area contributed by atoms with E-state index < -0.39 is 16.1 Å². The summed E-state index contributed by atoms with van der Waals surface area (Å²) in [5.41, 5.74) is 1.86. The van der Waals surface area contributed by atoms with Crippen LogP contribution >= 0.6 is 34.8 Å². The van der Waals surface area contributed by atoms with Gasteiger partial charge in [0.1, 0.15) is 6.04 Å². The largest absolute Gasteiger partial charge is 0.355 e. The van der Waals surface area contributed by atoms with Gasteiger partial charge in [-0.1, -0.05) is 71.2 Å². The normalized spacial score (nSPS) is 12.0. The molecule has 0 saturated heterocycles. The Bertz CT molecular complexity index is 1380. The third-order valence-electron chi connectivity index (χ3n) is 6.28. The first-order valence-corrected chi connectivity index (χ1v) is 15.8. The summed E-state index contributed by atoms with van der Waals surface area (Å²) in [6.07, 6.45) is 1.60. The fourth-order valence-electron chi connectivity index (χ4n) is 4.31. The topological polar surface area (TPSA) is 86.8 Å². The van der Waals surface area contributed by atoms with Crippen molar-refractivity contribution in [3.05, 3.63) is 99.0 Å². The van der Waals surface area contributed by atoms with Crippen LogP contribution in [0.1, 0.15) is 30.9 Å². The van der Waals surface area contributed by atoms with Gasteiger partial charge in [0.2, 0.25) is 21.8 Å². The second-order valence-corrected chi connectivity index (χ2v) is 12.4. The van der Waals surface area contributed by atoms with Crippen LogP contribution in [0.15, 0.2) is 72.8 Å². The van der Waals surface area contributed by atoms with Gasteiger partial charge in [-0.2, -0.15) is 0 Å².